The van der Waals surface area contributed by atoms with E-state index in [0.717, 1.165) is 5.56 Å². The van der Waals surface area contributed by atoms with Crippen molar-refractivity contribution in [3.8, 4) is 0 Å². The third-order valence-corrected chi connectivity index (χ3v) is 3.55. The second kappa shape index (κ2) is 6.76. The lowest BCUT2D eigenvalue weighted by Gasteiger charge is -2.30. The predicted molar refractivity (Wildman–Crippen MR) is 73.7 cm³/mol. The highest BCUT2D eigenvalue weighted by molar-refractivity contribution is 6.31. The van der Waals surface area contributed by atoms with E-state index in [2.05, 4.69) is 0 Å². The maximum atomic E-state index is 11.7. The van der Waals surface area contributed by atoms with Gasteiger partial charge in [0.2, 0.25) is 0 Å². The van der Waals surface area contributed by atoms with Gasteiger partial charge in [0.05, 0.1) is 6.61 Å². The SMILES string of the molecule is CCOC(=O)C(C)N(C)C(C)c1ccccc1Cl. The molecule has 0 bridgehead atoms. The number of carbonyl (C=O) groups excluding carboxylic acids is 1. The first-order valence-electron chi connectivity index (χ1n) is 6.12. The summed E-state index contributed by atoms with van der Waals surface area (Å²) in [6.07, 6.45) is 0. The summed E-state index contributed by atoms with van der Waals surface area (Å²) in [6, 6.07) is 7.43. The summed E-state index contributed by atoms with van der Waals surface area (Å²) in [5.41, 5.74) is 1.01. The van der Waals surface area contributed by atoms with Gasteiger partial charge in [-0.15, -0.1) is 0 Å². The third kappa shape index (κ3) is 3.47. The zero-order chi connectivity index (χ0) is 13.7. The van der Waals surface area contributed by atoms with Crippen molar-refractivity contribution in [1.82, 2.24) is 4.90 Å². The molecule has 2 atom stereocenters. The van der Waals surface area contributed by atoms with Gasteiger partial charge >= 0.3 is 5.97 Å². The second-order valence-electron chi connectivity index (χ2n) is 4.29. The normalized spacial score (nSPS) is 14.3. The van der Waals surface area contributed by atoms with Crippen LogP contribution in [0.5, 0.6) is 0 Å². The number of carbonyl (C=O) groups is 1. The molecule has 2 unspecified atom stereocenters. The molecule has 0 aromatic heterocycles. The van der Waals surface area contributed by atoms with Crippen LogP contribution < -0.4 is 0 Å². The van der Waals surface area contributed by atoms with E-state index in [1.54, 1.807) is 0 Å². The van der Waals surface area contributed by atoms with Crippen LogP contribution in [0.3, 0.4) is 0 Å². The van der Waals surface area contributed by atoms with Crippen LogP contribution in [0.2, 0.25) is 5.02 Å². The molecule has 18 heavy (non-hydrogen) atoms. The van der Waals surface area contributed by atoms with Crippen molar-refractivity contribution in [3.05, 3.63) is 34.9 Å². The summed E-state index contributed by atoms with van der Waals surface area (Å²) >= 11 is 6.17. The lowest BCUT2D eigenvalue weighted by atomic mass is 10.1. The van der Waals surface area contributed by atoms with Crippen LogP contribution in [0.25, 0.3) is 0 Å². The van der Waals surface area contributed by atoms with E-state index in [1.807, 2.05) is 57.0 Å². The van der Waals surface area contributed by atoms with E-state index in [-0.39, 0.29) is 18.1 Å². The van der Waals surface area contributed by atoms with Crippen LogP contribution in [0.15, 0.2) is 24.3 Å². The van der Waals surface area contributed by atoms with E-state index < -0.39 is 0 Å². The number of rotatable bonds is 5. The van der Waals surface area contributed by atoms with Crippen molar-refractivity contribution in [1.29, 1.82) is 0 Å². The Labute approximate surface area is 114 Å². The van der Waals surface area contributed by atoms with Crippen LogP contribution in [0.1, 0.15) is 32.4 Å². The largest absolute Gasteiger partial charge is 0.465 e. The second-order valence-corrected chi connectivity index (χ2v) is 4.70. The van der Waals surface area contributed by atoms with E-state index in [0.29, 0.717) is 11.6 Å². The first-order valence-corrected chi connectivity index (χ1v) is 6.49. The quantitative estimate of drug-likeness (QED) is 0.769. The minimum absolute atomic E-state index is 0.0538. The molecule has 0 aliphatic carbocycles. The molecule has 0 heterocycles. The number of likely N-dealkylation sites (N-methyl/N-ethyl adjacent to an activating group) is 1. The lowest BCUT2D eigenvalue weighted by Crippen LogP contribution is -2.38. The summed E-state index contributed by atoms with van der Waals surface area (Å²) in [5, 5.41) is 0.716. The van der Waals surface area contributed by atoms with Crippen LogP contribution in [-0.4, -0.2) is 30.6 Å². The topological polar surface area (TPSA) is 29.5 Å². The van der Waals surface area contributed by atoms with Crippen LogP contribution in [0.4, 0.5) is 0 Å². The van der Waals surface area contributed by atoms with Crippen molar-refractivity contribution < 1.29 is 9.53 Å². The molecule has 0 aliphatic heterocycles. The number of hydrogen-bond acceptors (Lipinski definition) is 3. The number of ether oxygens (including phenoxy) is 1. The Balaban J connectivity index is 2.81. The number of hydrogen-bond donors (Lipinski definition) is 0. The molecule has 3 nitrogen and oxygen atoms in total. The fraction of sp³-hybridized carbons (Fsp3) is 0.500. The minimum Gasteiger partial charge on any atom is -0.465 e. The highest BCUT2D eigenvalue weighted by atomic mass is 35.5. The van der Waals surface area contributed by atoms with Gasteiger partial charge in [-0.1, -0.05) is 29.8 Å². The van der Waals surface area contributed by atoms with Gasteiger partial charge in [-0.2, -0.15) is 0 Å². The fourth-order valence-corrected chi connectivity index (χ4v) is 2.09. The molecule has 100 valence electrons. The fourth-order valence-electron chi connectivity index (χ4n) is 1.80. The van der Waals surface area contributed by atoms with Gasteiger partial charge in [0.25, 0.3) is 0 Å². The molecule has 1 rings (SSSR count). The first kappa shape index (κ1) is 15.0. The van der Waals surface area contributed by atoms with Crippen molar-refractivity contribution in [2.24, 2.45) is 0 Å². The highest BCUT2D eigenvalue weighted by Gasteiger charge is 2.25. The van der Waals surface area contributed by atoms with Crippen molar-refractivity contribution in [2.75, 3.05) is 13.7 Å². The molecule has 4 heteroatoms. The van der Waals surface area contributed by atoms with E-state index in [4.69, 9.17) is 16.3 Å². The Kier molecular flexibility index (Phi) is 5.63. The summed E-state index contributed by atoms with van der Waals surface area (Å²) in [4.78, 5) is 13.7. The smallest absolute Gasteiger partial charge is 0.323 e. The van der Waals surface area contributed by atoms with Crippen LogP contribution >= 0.6 is 11.6 Å². The molecule has 0 saturated carbocycles. The zero-order valence-corrected chi connectivity index (χ0v) is 12.1. The molecule has 1 aromatic carbocycles. The Hall–Kier alpha value is -1.06. The Morgan fingerprint density at radius 3 is 2.56 bits per heavy atom. The molecule has 0 radical (unpaired) electrons. The Morgan fingerprint density at radius 1 is 1.39 bits per heavy atom. The van der Waals surface area contributed by atoms with Crippen molar-refractivity contribution in [2.45, 2.75) is 32.9 Å². The highest BCUT2D eigenvalue weighted by Crippen LogP contribution is 2.27. The third-order valence-electron chi connectivity index (χ3n) is 3.20. The average Bonchev–Trinajstić information content (AvgIpc) is 2.37. The van der Waals surface area contributed by atoms with Gasteiger partial charge < -0.3 is 4.74 Å². The average molecular weight is 270 g/mol. The molecule has 0 aliphatic rings. The van der Waals surface area contributed by atoms with Gasteiger partial charge in [0.1, 0.15) is 6.04 Å². The standard InChI is InChI=1S/C14H20ClNO2/c1-5-18-14(17)11(3)16(4)10(2)12-8-6-7-9-13(12)15/h6-11H,5H2,1-4H3. The van der Waals surface area contributed by atoms with Gasteiger partial charge in [-0.3, -0.25) is 9.69 Å². The van der Waals surface area contributed by atoms with Gasteiger partial charge in [0.15, 0.2) is 0 Å². The molecular formula is C14H20ClNO2. The van der Waals surface area contributed by atoms with Crippen LogP contribution in [-0.2, 0) is 9.53 Å². The number of benzene rings is 1. The molecule has 0 fully saturated rings. The van der Waals surface area contributed by atoms with Gasteiger partial charge in [-0.05, 0) is 39.4 Å². The van der Waals surface area contributed by atoms with Crippen LogP contribution in [0, 0.1) is 0 Å². The minimum atomic E-state index is -0.295. The van der Waals surface area contributed by atoms with Gasteiger partial charge in [-0.25, -0.2) is 0 Å². The number of halogens is 1. The Bertz CT molecular complexity index is 409. The van der Waals surface area contributed by atoms with E-state index >= 15 is 0 Å². The lowest BCUT2D eigenvalue weighted by molar-refractivity contribution is -0.149. The number of esters is 1. The van der Waals surface area contributed by atoms with E-state index in [9.17, 15) is 4.79 Å². The molecular weight excluding hydrogens is 250 g/mol. The predicted octanol–water partition coefficient (Wildman–Crippen LogP) is 3.28. The van der Waals surface area contributed by atoms with E-state index in [1.165, 1.54) is 0 Å². The van der Waals surface area contributed by atoms with Crippen molar-refractivity contribution >= 4 is 17.6 Å². The summed E-state index contributed by atoms with van der Waals surface area (Å²) in [5.74, 6) is -0.209. The summed E-state index contributed by atoms with van der Waals surface area (Å²) in [7, 11) is 1.90. The van der Waals surface area contributed by atoms with Crippen molar-refractivity contribution in [3.63, 3.8) is 0 Å². The monoisotopic (exact) mass is 269 g/mol. The number of nitrogens with zero attached hydrogens (tertiary/aromatic N) is 1. The molecule has 0 amide bonds. The molecule has 0 spiro atoms. The molecule has 0 N–H and O–H groups in total. The maximum absolute atomic E-state index is 11.7. The van der Waals surface area contributed by atoms with Gasteiger partial charge in [0, 0.05) is 11.1 Å². The summed E-state index contributed by atoms with van der Waals surface area (Å²) in [6.45, 7) is 6.07. The molecule has 1 aromatic rings. The molecule has 0 saturated heterocycles. The maximum Gasteiger partial charge on any atom is 0.323 e. The summed E-state index contributed by atoms with van der Waals surface area (Å²) < 4.78 is 5.03. The Morgan fingerprint density at radius 2 is 2.00 bits per heavy atom. The first-order chi connectivity index (χ1) is 8.49. The zero-order valence-electron chi connectivity index (χ0n) is 11.3.